The van der Waals surface area contributed by atoms with E-state index < -0.39 is 30.6 Å². The van der Waals surface area contributed by atoms with Crippen LogP contribution in [-0.4, -0.2) is 57.6 Å². The molecule has 0 heterocycles. The van der Waals surface area contributed by atoms with Gasteiger partial charge in [0.15, 0.2) is 0 Å². The lowest BCUT2D eigenvalue weighted by molar-refractivity contribution is -0.141. The van der Waals surface area contributed by atoms with Gasteiger partial charge in [0.1, 0.15) is 12.1 Å². The van der Waals surface area contributed by atoms with Crippen LogP contribution in [0, 0.1) is 0 Å². The van der Waals surface area contributed by atoms with Gasteiger partial charge in [-0.2, -0.15) is 12.6 Å². The third-order valence-electron chi connectivity index (χ3n) is 1.37. The number of nitrogens with one attached hydrogen (secondary N) is 1. The van der Waals surface area contributed by atoms with Crippen molar-refractivity contribution in [3.8, 4) is 0 Å². The minimum atomic E-state index is -1.18. The molecule has 8 nitrogen and oxygen atoms in total. The second kappa shape index (κ2) is 9.87. The molecular weight excluding hydrogens is 252 g/mol. The highest BCUT2D eigenvalue weighted by molar-refractivity contribution is 7.80. The van der Waals surface area contributed by atoms with E-state index in [0.717, 1.165) is 0 Å². The molecule has 0 unspecified atom stereocenters. The van der Waals surface area contributed by atoms with Gasteiger partial charge in [-0.25, -0.2) is 4.79 Å². The molecule has 0 saturated carbocycles. The minimum absolute atomic E-state index is 0.106. The molecule has 0 radical (unpaired) electrons. The topological polar surface area (TPSA) is 150 Å². The molecule has 0 aromatic carbocycles. The van der Waals surface area contributed by atoms with E-state index >= 15 is 0 Å². The molecule has 9 heteroatoms. The number of nitrogens with two attached hydrogens (primary N) is 1. The number of hydrogen-bond acceptors (Lipinski definition) is 6. The summed E-state index contributed by atoms with van der Waals surface area (Å²) in [6.07, 6.45) is 0. The lowest BCUT2D eigenvalue weighted by Gasteiger charge is -2.08. The molecule has 0 aliphatic rings. The van der Waals surface area contributed by atoms with Gasteiger partial charge in [0.05, 0.1) is 6.61 Å². The smallest absolute Gasteiger partial charge is 0.327 e. The van der Waals surface area contributed by atoms with E-state index in [9.17, 15) is 14.4 Å². The van der Waals surface area contributed by atoms with Gasteiger partial charge in [0, 0.05) is 12.7 Å². The van der Waals surface area contributed by atoms with Crippen molar-refractivity contribution in [1.82, 2.24) is 5.32 Å². The Labute approximate surface area is 103 Å². The van der Waals surface area contributed by atoms with Crippen molar-refractivity contribution in [2.24, 2.45) is 5.73 Å². The molecule has 1 amide bonds. The van der Waals surface area contributed by atoms with E-state index in [0.29, 0.717) is 0 Å². The molecule has 0 aliphatic heterocycles. The summed E-state index contributed by atoms with van der Waals surface area (Å²) in [5.74, 6) is -2.50. The fraction of sp³-hybridized carbons (Fsp3) is 0.625. The number of aliphatic carboxylic acids is 2. The summed E-state index contributed by atoms with van der Waals surface area (Å²) in [7, 11) is 0. The first-order valence-electron chi connectivity index (χ1n) is 4.46. The van der Waals surface area contributed by atoms with E-state index in [1.54, 1.807) is 0 Å². The highest BCUT2D eigenvalue weighted by Crippen LogP contribution is 1.86. The van der Waals surface area contributed by atoms with E-state index in [-0.39, 0.29) is 11.7 Å². The molecule has 0 aromatic rings. The number of carboxylic acids is 2. The molecule has 17 heavy (non-hydrogen) atoms. The highest BCUT2D eigenvalue weighted by atomic mass is 32.1. The Morgan fingerprint density at radius 2 is 1.76 bits per heavy atom. The quantitative estimate of drug-likeness (QED) is 0.312. The number of amides is 1. The lowest BCUT2D eigenvalue weighted by Crippen LogP contribution is -2.40. The molecule has 0 aliphatic carbocycles. The molecule has 0 aromatic heterocycles. The molecule has 0 rings (SSSR count). The van der Waals surface area contributed by atoms with E-state index in [1.165, 1.54) is 6.92 Å². The molecule has 100 valence electrons. The molecule has 0 fully saturated rings. The van der Waals surface area contributed by atoms with Crippen molar-refractivity contribution >= 4 is 30.5 Å². The van der Waals surface area contributed by atoms with Gasteiger partial charge < -0.3 is 26.4 Å². The summed E-state index contributed by atoms with van der Waals surface area (Å²) in [5.41, 5.74) is 4.77. The Bertz CT molecular complexity index is 273. The fourth-order valence-corrected chi connectivity index (χ4v) is 0.756. The summed E-state index contributed by atoms with van der Waals surface area (Å²) in [5, 5.41) is 26.5. The second-order valence-electron chi connectivity index (χ2n) is 2.90. The maximum atomic E-state index is 10.3. The van der Waals surface area contributed by atoms with Crippen molar-refractivity contribution in [2.75, 3.05) is 12.4 Å². The minimum Gasteiger partial charge on any atom is -0.480 e. The van der Waals surface area contributed by atoms with Crippen LogP contribution in [0.15, 0.2) is 0 Å². The van der Waals surface area contributed by atoms with Crippen LogP contribution in [0.4, 0.5) is 0 Å². The first-order valence-corrected chi connectivity index (χ1v) is 5.09. The third kappa shape index (κ3) is 11.0. The summed E-state index contributed by atoms with van der Waals surface area (Å²) in [4.78, 5) is 30.2. The first kappa shape index (κ1) is 18.1. The van der Waals surface area contributed by atoms with Gasteiger partial charge in [0.2, 0.25) is 5.91 Å². The van der Waals surface area contributed by atoms with E-state index in [4.69, 9.17) is 21.1 Å². The normalized spacial score (nSPS) is 12.7. The number of carbonyl (C=O) groups is 3. The Hall–Kier alpha value is -1.32. The average molecular weight is 268 g/mol. The van der Waals surface area contributed by atoms with Crippen molar-refractivity contribution in [2.45, 2.75) is 19.0 Å². The van der Waals surface area contributed by atoms with Crippen molar-refractivity contribution in [1.29, 1.82) is 0 Å². The van der Waals surface area contributed by atoms with Crippen LogP contribution < -0.4 is 11.1 Å². The Kier molecular flexibility index (Phi) is 10.5. The Morgan fingerprint density at radius 3 is 1.82 bits per heavy atom. The van der Waals surface area contributed by atoms with Crippen LogP contribution in [0.1, 0.15) is 6.92 Å². The van der Waals surface area contributed by atoms with Crippen LogP contribution in [0.5, 0.6) is 0 Å². The van der Waals surface area contributed by atoms with Gasteiger partial charge in [-0.15, -0.1) is 0 Å². The third-order valence-corrected chi connectivity index (χ3v) is 1.74. The summed E-state index contributed by atoms with van der Waals surface area (Å²) >= 11 is 3.73. The number of thiol groups is 1. The van der Waals surface area contributed by atoms with Gasteiger partial charge in [-0.3, -0.25) is 9.59 Å². The summed E-state index contributed by atoms with van der Waals surface area (Å²) in [6.45, 7) is 0.759. The zero-order valence-electron chi connectivity index (χ0n) is 9.16. The maximum absolute atomic E-state index is 10.3. The monoisotopic (exact) mass is 268 g/mol. The number of hydrogen-bond donors (Lipinski definition) is 6. The molecule has 2 atom stereocenters. The predicted molar refractivity (Wildman–Crippen MR) is 61.8 cm³/mol. The largest absolute Gasteiger partial charge is 0.480 e. The van der Waals surface area contributed by atoms with Crippen molar-refractivity contribution in [3.05, 3.63) is 0 Å². The van der Waals surface area contributed by atoms with Crippen molar-refractivity contribution in [3.63, 3.8) is 0 Å². The van der Waals surface area contributed by atoms with Crippen LogP contribution >= 0.6 is 12.6 Å². The molecule has 6 N–H and O–H groups in total. The number of aliphatic hydroxyl groups excluding tert-OH is 1. The van der Waals surface area contributed by atoms with Crippen LogP contribution in [-0.2, 0) is 14.4 Å². The Balaban J connectivity index is 0. The fourth-order valence-electron chi connectivity index (χ4n) is 0.509. The SMILES string of the molecule is CC(=O)N[C@@H](CS)C(=O)O.N[C@@H](CO)C(=O)O. The number of rotatable bonds is 5. The second-order valence-corrected chi connectivity index (χ2v) is 3.27. The molecule has 0 saturated heterocycles. The van der Waals surface area contributed by atoms with Crippen LogP contribution in [0.3, 0.4) is 0 Å². The van der Waals surface area contributed by atoms with E-state index in [1.807, 2.05) is 0 Å². The summed E-state index contributed by atoms with van der Waals surface area (Å²) < 4.78 is 0. The van der Waals surface area contributed by atoms with Gasteiger partial charge in [-0.1, -0.05) is 0 Å². The first-order chi connectivity index (χ1) is 7.76. The standard InChI is InChI=1S/C5H9NO3S.C3H7NO3/c1-3(7)6-4(2-10)5(8)9;4-2(1-5)3(6)7/h4,10H,2H2,1H3,(H,6,7)(H,8,9);2,5H,1,4H2,(H,6,7)/t4-;2-/m00/s1. The van der Waals surface area contributed by atoms with Crippen molar-refractivity contribution < 1.29 is 29.7 Å². The van der Waals surface area contributed by atoms with Gasteiger partial charge >= 0.3 is 11.9 Å². The zero-order valence-corrected chi connectivity index (χ0v) is 10.1. The molecular formula is C8H16N2O6S. The summed E-state index contributed by atoms with van der Waals surface area (Å²) in [6, 6.07) is -2.00. The number of carboxylic acid groups (broad SMARTS) is 2. The van der Waals surface area contributed by atoms with E-state index in [2.05, 4.69) is 17.9 Å². The van der Waals surface area contributed by atoms with Gasteiger partial charge in [0.25, 0.3) is 0 Å². The molecule has 0 bridgehead atoms. The average Bonchev–Trinajstić information content (AvgIpc) is 2.24. The van der Waals surface area contributed by atoms with Gasteiger partial charge in [-0.05, 0) is 0 Å². The zero-order chi connectivity index (χ0) is 14.0. The van der Waals surface area contributed by atoms with Crippen LogP contribution in [0.2, 0.25) is 0 Å². The predicted octanol–water partition coefficient (Wildman–Crippen LogP) is -2.10. The maximum Gasteiger partial charge on any atom is 0.327 e. The molecule has 0 spiro atoms. The van der Waals surface area contributed by atoms with Crippen LogP contribution in [0.25, 0.3) is 0 Å². The Morgan fingerprint density at radius 1 is 1.29 bits per heavy atom. The number of carbonyl (C=O) groups excluding carboxylic acids is 1. The highest BCUT2D eigenvalue weighted by Gasteiger charge is 2.15. The lowest BCUT2D eigenvalue weighted by atomic mass is 10.3. The number of aliphatic hydroxyl groups is 1.